The zero-order valence-corrected chi connectivity index (χ0v) is 11.9. The summed E-state index contributed by atoms with van der Waals surface area (Å²) < 4.78 is 5.85. The zero-order valence-electron chi connectivity index (χ0n) is 11.9. The summed E-state index contributed by atoms with van der Waals surface area (Å²) in [6.45, 7) is 1.35. The number of aromatic amines is 1. The van der Waals surface area contributed by atoms with Gasteiger partial charge in [-0.05, 0) is 25.0 Å². The molecule has 2 atom stereocenters. The topological polar surface area (TPSA) is 58.2 Å². The van der Waals surface area contributed by atoms with Crippen molar-refractivity contribution < 1.29 is 9.53 Å². The van der Waals surface area contributed by atoms with E-state index in [1.165, 1.54) is 12.8 Å². The summed E-state index contributed by atoms with van der Waals surface area (Å²) in [5.74, 6) is 0.117. The van der Waals surface area contributed by atoms with Gasteiger partial charge in [0.1, 0.15) is 0 Å². The van der Waals surface area contributed by atoms with E-state index in [4.69, 9.17) is 4.74 Å². The van der Waals surface area contributed by atoms with E-state index in [9.17, 15) is 4.79 Å². The van der Waals surface area contributed by atoms with Gasteiger partial charge in [0, 0.05) is 17.5 Å². The molecule has 4 rings (SSSR count). The molecule has 1 N–H and O–H groups in total. The van der Waals surface area contributed by atoms with Gasteiger partial charge in [0.2, 0.25) is 0 Å². The number of nitrogens with one attached hydrogen (secondary N) is 1. The number of rotatable bonds is 1. The van der Waals surface area contributed by atoms with Crippen LogP contribution in [0.2, 0.25) is 0 Å². The Bertz CT molecular complexity index is 664. The number of aromatic nitrogens is 2. The maximum Gasteiger partial charge on any atom is 0.254 e. The van der Waals surface area contributed by atoms with Crippen molar-refractivity contribution in [1.82, 2.24) is 15.1 Å². The summed E-state index contributed by atoms with van der Waals surface area (Å²) >= 11 is 0. The van der Waals surface area contributed by atoms with E-state index in [1.807, 2.05) is 23.1 Å². The molecular weight excluding hydrogens is 266 g/mol. The smallest absolute Gasteiger partial charge is 0.254 e. The van der Waals surface area contributed by atoms with E-state index < -0.39 is 0 Å². The molecule has 21 heavy (non-hydrogen) atoms. The first-order chi connectivity index (χ1) is 10.3. The van der Waals surface area contributed by atoms with Crippen molar-refractivity contribution in [3.63, 3.8) is 0 Å². The molecule has 1 saturated carbocycles. The summed E-state index contributed by atoms with van der Waals surface area (Å²) in [6, 6.07) is 5.99. The van der Waals surface area contributed by atoms with Crippen LogP contribution in [0.1, 0.15) is 36.0 Å². The van der Waals surface area contributed by atoms with Crippen LogP contribution in [0.25, 0.3) is 10.9 Å². The van der Waals surface area contributed by atoms with Crippen LogP contribution in [-0.2, 0) is 4.74 Å². The maximum atomic E-state index is 12.9. The van der Waals surface area contributed by atoms with E-state index in [1.54, 1.807) is 6.20 Å². The highest BCUT2D eigenvalue weighted by atomic mass is 16.5. The molecule has 5 heteroatoms. The predicted octanol–water partition coefficient (Wildman–Crippen LogP) is 2.35. The molecule has 1 aliphatic carbocycles. The third-order valence-corrected chi connectivity index (χ3v) is 4.68. The third kappa shape index (κ3) is 2.21. The Kier molecular flexibility index (Phi) is 3.15. The molecule has 1 aromatic heterocycles. The number of fused-ring (bicyclic) bond motifs is 2. The molecule has 1 amide bonds. The standard InChI is InChI=1S/C16H19N3O2/c20-16(11-5-6-12-10-17-18-13(12)9-11)19-7-8-21-15-4-2-1-3-14(15)19/h5-6,9-10,14-15H,1-4,7-8H2,(H,17,18). The van der Waals surface area contributed by atoms with Crippen molar-refractivity contribution in [2.75, 3.05) is 13.2 Å². The van der Waals surface area contributed by atoms with Crippen molar-refractivity contribution in [3.8, 4) is 0 Å². The molecule has 2 heterocycles. The number of carbonyl (C=O) groups excluding carboxylic acids is 1. The summed E-state index contributed by atoms with van der Waals surface area (Å²) in [5, 5.41) is 7.97. The highest BCUT2D eigenvalue weighted by molar-refractivity contribution is 5.98. The first-order valence-electron chi connectivity index (χ1n) is 7.68. The molecular formula is C16H19N3O2. The number of hydrogen-bond acceptors (Lipinski definition) is 3. The van der Waals surface area contributed by atoms with E-state index in [0.29, 0.717) is 13.2 Å². The third-order valence-electron chi connectivity index (χ3n) is 4.68. The zero-order chi connectivity index (χ0) is 14.2. The molecule has 1 aliphatic heterocycles. The van der Waals surface area contributed by atoms with Gasteiger partial charge in [0.05, 0.1) is 30.5 Å². The lowest BCUT2D eigenvalue weighted by Crippen LogP contribution is -2.54. The van der Waals surface area contributed by atoms with Crippen LogP contribution in [-0.4, -0.2) is 46.3 Å². The first kappa shape index (κ1) is 12.8. The second-order valence-corrected chi connectivity index (χ2v) is 5.93. The number of H-pyrrole nitrogens is 1. The van der Waals surface area contributed by atoms with Gasteiger partial charge in [-0.3, -0.25) is 9.89 Å². The number of amides is 1. The lowest BCUT2D eigenvalue weighted by atomic mass is 9.89. The molecule has 2 aromatic rings. The van der Waals surface area contributed by atoms with E-state index >= 15 is 0 Å². The molecule has 2 fully saturated rings. The molecule has 1 saturated heterocycles. The number of carbonyl (C=O) groups is 1. The van der Waals surface area contributed by atoms with Gasteiger partial charge in [-0.1, -0.05) is 18.9 Å². The minimum Gasteiger partial charge on any atom is -0.374 e. The Labute approximate surface area is 123 Å². The van der Waals surface area contributed by atoms with Crippen molar-refractivity contribution in [3.05, 3.63) is 30.0 Å². The Morgan fingerprint density at radius 1 is 1.33 bits per heavy atom. The van der Waals surface area contributed by atoms with Crippen LogP contribution < -0.4 is 0 Å². The quantitative estimate of drug-likeness (QED) is 0.875. The highest BCUT2D eigenvalue weighted by Crippen LogP contribution is 2.29. The van der Waals surface area contributed by atoms with Crippen LogP contribution in [0.3, 0.4) is 0 Å². The second kappa shape index (κ2) is 5.15. The maximum absolute atomic E-state index is 12.9. The normalized spacial score (nSPS) is 25.8. The number of morpholine rings is 1. The van der Waals surface area contributed by atoms with Crippen LogP contribution in [0.4, 0.5) is 0 Å². The second-order valence-electron chi connectivity index (χ2n) is 5.93. The molecule has 2 aliphatic rings. The van der Waals surface area contributed by atoms with E-state index in [0.717, 1.165) is 29.3 Å². The van der Waals surface area contributed by atoms with Gasteiger partial charge in [-0.15, -0.1) is 0 Å². The van der Waals surface area contributed by atoms with Gasteiger partial charge in [-0.2, -0.15) is 5.10 Å². The SMILES string of the molecule is O=C(c1ccc2cn[nH]c2c1)N1CCOC2CCCCC21. The summed E-state index contributed by atoms with van der Waals surface area (Å²) in [6.07, 6.45) is 6.54. The molecule has 5 nitrogen and oxygen atoms in total. The number of ether oxygens (including phenoxy) is 1. The fourth-order valence-electron chi connectivity index (χ4n) is 3.58. The lowest BCUT2D eigenvalue weighted by Gasteiger charge is -2.43. The predicted molar refractivity (Wildman–Crippen MR) is 79.1 cm³/mol. The van der Waals surface area contributed by atoms with Crippen molar-refractivity contribution in [1.29, 1.82) is 0 Å². The van der Waals surface area contributed by atoms with Crippen molar-refractivity contribution in [2.45, 2.75) is 37.8 Å². The molecule has 0 spiro atoms. The van der Waals surface area contributed by atoms with Gasteiger partial charge in [0.15, 0.2) is 0 Å². The average molecular weight is 285 g/mol. The fourth-order valence-corrected chi connectivity index (χ4v) is 3.58. The van der Waals surface area contributed by atoms with Crippen LogP contribution in [0, 0.1) is 0 Å². The number of hydrogen-bond donors (Lipinski definition) is 1. The van der Waals surface area contributed by atoms with Gasteiger partial charge < -0.3 is 9.64 Å². The van der Waals surface area contributed by atoms with Crippen LogP contribution in [0.15, 0.2) is 24.4 Å². The average Bonchev–Trinajstić information content (AvgIpc) is 3.01. The Balaban J connectivity index is 1.63. The largest absolute Gasteiger partial charge is 0.374 e. The monoisotopic (exact) mass is 285 g/mol. The fraction of sp³-hybridized carbons (Fsp3) is 0.500. The van der Waals surface area contributed by atoms with Crippen LogP contribution in [0.5, 0.6) is 0 Å². The summed E-state index contributed by atoms with van der Waals surface area (Å²) in [5.41, 5.74) is 1.65. The first-order valence-corrected chi connectivity index (χ1v) is 7.68. The van der Waals surface area contributed by atoms with Crippen LogP contribution >= 0.6 is 0 Å². The summed E-state index contributed by atoms with van der Waals surface area (Å²) in [4.78, 5) is 14.9. The van der Waals surface area contributed by atoms with E-state index in [2.05, 4.69) is 10.2 Å². The Morgan fingerprint density at radius 3 is 3.19 bits per heavy atom. The van der Waals surface area contributed by atoms with Crippen molar-refractivity contribution in [2.24, 2.45) is 0 Å². The number of benzene rings is 1. The Morgan fingerprint density at radius 2 is 2.24 bits per heavy atom. The molecule has 1 aromatic carbocycles. The van der Waals surface area contributed by atoms with E-state index in [-0.39, 0.29) is 18.1 Å². The van der Waals surface area contributed by atoms with Crippen molar-refractivity contribution >= 4 is 16.8 Å². The Hall–Kier alpha value is -1.88. The number of nitrogens with zero attached hydrogens (tertiary/aromatic N) is 2. The van der Waals surface area contributed by atoms with Gasteiger partial charge in [0.25, 0.3) is 5.91 Å². The summed E-state index contributed by atoms with van der Waals surface area (Å²) in [7, 11) is 0. The lowest BCUT2D eigenvalue weighted by molar-refractivity contribution is -0.0752. The minimum absolute atomic E-state index is 0.117. The molecule has 110 valence electrons. The molecule has 2 unspecified atom stereocenters. The highest BCUT2D eigenvalue weighted by Gasteiger charge is 2.36. The van der Waals surface area contributed by atoms with Gasteiger partial charge >= 0.3 is 0 Å². The van der Waals surface area contributed by atoms with Gasteiger partial charge in [-0.25, -0.2) is 0 Å². The minimum atomic E-state index is 0.117. The molecule has 0 bridgehead atoms. The molecule has 0 radical (unpaired) electrons.